The van der Waals surface area contributed by atoms with Gasteiger partial charge in [0.1, 0.15) is 11.3 Å². The summed E-state index contributed by atoms with van der Waals surface area (Å²) < 4.78 is 0. The van der Waals surface area contributed by atoms with Gasteiger partial charge in [-0.25, -0.2) is 4.79 Å². The zero-order valence-electron chi connectivity index (χ0n) is 11.7. The molecule has 5 nitrogen and oxygen atoms in total. The summed E-state index contributed by atoms with van der Waals surface area (Å²) in [4.78, 5) is 23.3. The van der Waals surface area contributed by atoms with Gasteiger partial charge in [0.2, 0.25) is 0 Å². The zero-order chi connectivity index (χ0) is 15.6. The molecule has 0 aliphatic heterocycles. The summed E-state index contributed by atoms with van der Waals surface area (Å²) in [6, 6.07) is 9.86. The molecule has 0 radical (unpaired) electrons. The Balaban J connectivity index is 2.34. The lowest BCUT2D eigenvalue weighted by Crippen LogP contribution is -2.14. The summed E-state index contributed by atoms with van der Waals surface area (Å²) in [5.41, 5.74) is 1.81. The van der Waals surface area contributed by atoms with Gasteiger partial charge in [0.05, 0.1) is 0 Å². The Kier molecular flexibility index (Phi) is 3.93. The number of aryl methyl sites for hydroxylation is 2. The molecule has 0 unspecified atom stereocenters. The Morgan fingerprint density at radius 3 is 2.29 bits per heavy atom. The highest BCUT2D eigenvalue weighted by atomic mass is 16.4. The molecule has 0 bridgehead atoms. The van der Waals surface area contributed by atoms with Crippen molar-refractivity contribution in [3.8, 4) is 5.75 Å². The van der Waals surface area contributed by atoms with Crippen LogP contribution in [0, 0.1) is 13.8 Å². The summed E-state index contributed by atoms with van der Waals surface area (Å²) in [5, 5.41) is 21.4. The quantitative estimate of drug-likeness (QED) is 0.757. The predicted octanol–water partition coefficient (Wildman–Crippen LogP) is 2.96. The molecule has 2 rings (SSSR count). The minimum absolute atomic E-state index is 0.241. The van der Waals surface area contributed by atoms with Crippen LogP contribution < -0.4 is 5.32 Å². The predicted molar refractivity (Wildman–Crippen MR) is 78.9 cm³/mol. The van der Waals surface area contributed by atoms with Crippen LogP contribution in [-0.2, 0) is 0 Å². The molecule has 0 fully saturated rings. The maximum atomic E-state index is 12.2. The molecule has 0 heterocycles. The van der Waals surface area contributed by atoms with Crippen LogP contribution >= 0.6 is 0 Å². The molecule has 1 amide bonds. The van der Waals surface area contributed by atoms with Crippen molar-refractivity contribution in [2.75, 3.05) is 5.32 Å². The van der Waals surface area contributed by atoms with E-state index in [1.807, 2.05) is 19.1 Å². The largest absolute Gasteiger partial charge is 0.507 e. The maximum Gasteiger partial charge on any atom is 0.339 e. The van der Waals surface area contributed by atoms with Gasteiger partial charge >= 0.3 is 5.97 Å². The SMILES string of the molecule is Cc1ccccc1C(=O)Nc1cc(C)c(O)c(C(=O)O)c1. The van der Waals surface area contributed by atoms with E-state index in [1.165, 1.54) is 12.1 Å². The fourth-order valence-corrected chi connectivity index (χ4v) is 2.04. The van der Waals surface area contributed by atoms with Crippen molar-refractivity contribution < 1.29 is 19.8 Å². The second-order valence-electron chi connectivity index (χ2n) is 4.76. The van der Waals surface area contributed by atoms with Gasteiger partial charge in [-0.2, -0.15) is 0 Å². The lowest BCUT2D eigenvalue weighted by Gasteiger charge is -2.11. The van der Waals surface area contributed by atoms with Crippen LogP contribution in [0.15, 0.2) is 36.4 Å². The first-order chi connectivity index (χ1) is 9.90. The monoisotopic (exact) mass is 285 g/mol. The van der Waals surface area contributed by atoms with Gasteiger partial charge in [-0.15, -0.1) is 0 Å². The molecule has 5 heteroatoms. The Morgan fingerprint density at radius 1 is 1.00 bits per heavy atom. The standard InChI is InChI=1S/C16H15NO4/c1-9-5-3-4-6-12(9)15(19)17-11-7-10(2)14(18)13(8-11)16(20)21/h3-8,18H,1-2H3,(H,17,19)(H,20,21). The first kappa shape index (κ1) is 14.6. The molecule has 0 saturated heterocycles. The highest BCUT2D eigenvalue weighted by molar-refractivity contribution is 6.06. The third-order valence-corrected chi connectivity index (χ3v) is 3.18. The molecule has 0 aliphatic carbocycles. The number of hydrogen-bond acceptors (Lipinski definition) is 3. The Hall–Kier alpha value is -2.82. The van der Waals surface area contributed by atoms with Crippen LogP contribution in [0.4, 0.5) is 5.69 Å². The number of carboxylic acids is 1. The summed E-state index contributed by atoms with van der Waals surface area (Å²) in [6.07, 6.45) is 0. The van der Waals surface area contributed by atoms with Crippen molar-refractivity contribution in [1.29, 1.82) is 0 Å². The molecular weight excluding hydrogens is 270 g/mol. The number of carboxylic acid groups (broad SMARTS) is 1. The topological polar surface area (TPSA) is 86.6 Å². The second-order valence-corrected chi connectivity index (χ2v) is 4.76. The van der Waals surface area contributed by atoms with E-state index < -0.39 is 5.97 Å². The number of rotatable bonds is 3. The number of amides is 1. The fourth-order valence-electron chi connectivity index (χ4n) is 2.04. The van der Waals surface area contributed by atoms with Crippen LogP contribution in [0.25, 0.3) is 0 Å². The van der Waals surface area contributed by atoms with Crippen molar-refractivity contribution in [3.05, 3.63) is 58.7 Å². The van der Waals surface area contributed by atoms with Crippen LogP contribution in [-0.4, -0.2) is 22.1 Å². The number of nitrogens with one attached hydrogen (secondary N) is 1. The number of carbonyl (C=O) groups excluding carboxylic acids is 1. The molecule has 0 spiro atoms. The van der Waals surface area contributed by atoms with E-state index >= 15 is 0 Å². The molecule has 2 aromatic carbocycles. The molecule has 0 aromatic heterocycles. The van der Waals surface area contributed by atoms with E-state index in [-0.39, 0.29) is 17.2 Å². The van der Waals surface area contributed by atoms with Crippen molar-refractivity contribution in [1.82, 2.24) is 0 Å². The smallest absolute Gasteiger partial charge is 0.339 e. The first-order valence-corrected chi connectivity index (χ1v) is 6.34. The first-order valence-electron chi connectivity index (χ1n) is 6.34. The number of benzene rings is 2. The average molecular weight is 285 g/mol. The number of aromatic carboxylic acids is 1. The van der Waals surface area contributed by atoms with Crippen molar-refractivity contribution >= 4 is 17.6 Å². The lowest BCUT2D eigenvalue weighted by molar-refractivity contribution is 0.0693. The molecule has 21 heavy (non-hydrogen) atoms. The van der Waals surface area contributed by atoms with E-state index in [4.69, 9.17) is 5.11 Å². The van der Waals surface area contributed by atoms with Crippen molar-refractivity contribution in [3.63, 3.8) is 0 Å². The lowest BCUT2D eigenvalue weighted by atomic mass is 10.1. The summed E-state index contributed by atoms with van der Waals surface area (Å²) >= 11 is 0. The Bertz CT molecular complexity index is 722. The van der Waals surface area contributed by atoms with Crippen LogP contribution in [0.2, 0.25) is 0 Å². The molecule has 0 saturated carbocycles. The minimum Gasteiger partial charge on any atom is -0.507 e. The second kappa shape index (κ2) is 5.66. The zero-order valence-corrected chi connectivity index (χ0v) is 11.7. The summed E-state index contributed by atoms with van der Waals surface area (Å²) in [5.74, 6) is -1.87. The van der Waals surface area contributed by atoms with Crippen LogP contribution in [0.5, 0.6) is 5.75 Å². The summed E-state index contributed by atoms with van der Waals surface area (Å²) in [6.45, 7) is 3.39. The molecular formula is C16H15NO4. The summed E-state index contributed by atoms with van der Waals surface area (Å²) in [7, 11) is 0. The van der Waals surface area contributed by atoms with Crippen molar-refractivity contribution in [2.24, 2.45) is 0 Å². The Labute approximate surface area is 121 Å². The molecule has 0 aliphatic rings. The highest BCUT2D eigenvalue weighted by Crippen LogP contribution is 2.27. The molecule has 2 aromatic rings. The van der Waals surface area contributed by atoms with E-state index in [9.17, 15) is 14.7 Å². The molecule has 108 valence electrons. The van der Waals surface area contributed by atoms with Gasteiger partial charge in [0.25, 0.3) is 5.91 Å². The molecule has 3 N–H and O–H groups in total. The Morgan fingerprint density at radius 2 is 1.67 bits per heavy atom. The average Bonchev–Trinajstić information content (AvgIpc) is 2.42. The van der Waals surface area contributed by atoms with Crippen LogP contribution in [0.3, 0.4) is 0 Å². The van der Waals surface area contributed by atoms with Crippen molar-refractivity contribution in [2.45, 2.75) is 13.8 Å². The number of anilines is 1. The number of carbonyl (C=O) groups is 2. The van der Waals surface area contributed by atoms with Gasteiger partial charge in [-0.05, 0) is 43.2 Å². The van der Waals surface area contributed by atoms with E-state index in [0.717, 1.165) is 5.56 Å². The number of hydrogen-bond donors (Lipinski definition) is 3. The number of aromatic hydroxyl groups is 1. The van der Waals surface area contributed by atoms with Crippen LogP contribution in [0.1, 0.15) is 31.8 Å². The molecule has 0 atom stereocenters. The highest BCUT2D eigenvalue weighted by Gasteiger charge is 2.15. The third kappa shape index (κ3) is 3.02. The van der Waals surface area contributed by atoms with E-state index in [0.29, 0.717) is 16.8 Å². The number of phenols is 1. The third-order valence-electron chi connectivity index (χ3n) is 3.18. The van der Waals surface area contributed by atoms with Gasteiger partial charge < -0.3 is 15.5 Å². The van der Waals surface area contributed by atoms with E-state index in [1.54, 1.807) is 19.1 Å². The minimum atomic E-state index is -1.25. The van der Waals surface area contributed by atoms with Gasteiger partial charge in [-0.1, -0.05) is 18.2 Å². The maximum absolute atomic E-state index is 12.2. The fraction of sp³-hybridized carbons (Fsp3) is 0.125. The normalized spacial score (nSPS) is 10.2. The van der Waals surface area contributed by atoms with Gasteiger partial charge in [0, 0.05) is 11.3 Å². The van der Waals surface area contributed by atoms with Gasteiger partial charge in [-0.3, -0.25) is 4.79 Å². The van der Waals surface area contributed by atoms with Gasteiger partial charge in [0.15, 0.2) is 0 Å². The van der Waals surface area contributed by atoms with E-state index in [2.05, 4.69) is 5.32 Å².